The maximum absolute atomic E-state index is 9.27. The Morgan fingerprint density at radius 3 is 2.39 bits per heavy atom. The largest absolute Gasteiger partial charge is 0.395 e. The molecule has 2 aliphatic carbocycles. The van der Waals surface area contributed by atoms with Gasteiger partial charge in [-0.3, -0.25) is 4.90 Å². The first-order valence-corrected chi connectivity index (χ1v) is 7.65. The summed E-state index contributed by atoms with van der Waals surface area (Å²) in [5.74, 6) is 0.618. The third kappa shape index (κ3) is 3.06. The lowest BCUT2D eigenvalue weighted by molar-refractivity contribution is 0.123. The van der Waals surface area contributed by atoms with Gasteiger partial charge in [0.25, 0.3) is 0 Å². The van der Waals surface area contributed by atoms with E-state index in [4.69, 9.17) is 5.73 Å². The van der Waals surface area contributed by atoms with Gasteiger partial charge in [0.2, 0.25) is 0 Å². The van der Waals surface area contributed by atoms with Crippen LogP contribution in [-0.4, -0.2) is 41.8 Å². The van der Waals surface area contributed by atoms with Crippen molar-refractivity contribution in [3.05, 3.63) is 0 Å². The molecule has 18 heavy (non-hydrogen) atoms. The van der Waals surface area contributed by atoms with Gasteiger partial charge in [0, 0.05) is 25.2 Å². The van der Waals surface area contributed by atoms with Crippen LogP contribution in [0.15, 0.2) is 0 Å². The number of nitrogens with zero attached hydrogens (tertiary/aromatic N) is 1. The summed E-state index contributed by atoms with van der Waals surface area (Å²) in [6, 6.07) is 1.02. The number of hydrogen-bond donors (Lipinski definition) is 2. The van der Waals surface area contributed by atoms with Gasteiger partial charge in [0.15, 0.2) is 0 Å². The normalized spacial score (nSPS) is 32.5. The third-order valence-corrected chi connectivity index (χ3v) is 5.27. The van der Waals surface area contributed by atoms with E-state index in [9.17, 15) is 5.11 Å². The SMILES string of the molecule is CC1(C)CCC(CN(CCO)C2CCCC2)C1N. The summed E-state index contributed by atoms with van der Waals surface area (Å²) < 4.78 is 0. The molecule has 0 aliphatic heterocycles. The van der Waals surface area contributed by atoms with E-state index in [2.05, 4.69) is 18.7 Å². The predicted molar refractivity (Wildman–Crippen MR) is 75.4 cm³/mol. The van der Waals surface area contributed by atoms with Crippen molar-refractivity contribution < 1.29 is 5.11 Å². The van der Waals surface area contributed by atoms with E-state index in [1.165, 1.54) is 38.5 Å². The van der Waals surface area contributed by atoms with Gasteiger partial charge in [0.1, 0.15) is 0 Å². The Labute approximate surface area is 112 Å². The minimum Gasteiger partial charge on any atom is -0.395 e. The molecule has 106 valence electrons. The Morgan fingerprint density at radius 2 is 1.89 bits per heavy atom. The van der Waals surface area contributed by atoms with E-state index < -0.39 is 0 Å². The summed E-state index contributed by atoms with van der Waals surface area (Å²) >= 11 is 0. The lowest BCUT2D eigenvalue weighted by atomic mass is 9.85. The van der Waals surface area contributed by atoms with E-state index in [1.807, 2.05) is 0 Å². The molecule has 2 fully saturated rings. The second-order valence-corrected chi connectivity index (χ2v) is 6.97. The summed E-state index contributed by atoms with van der Waals surface area (Å²) in [5.41, 5.74) is 6.71. The van der Waals surface area contributed by atoms with Crippen LogP contribution < -0.4 is 5.73 Å². The molecule has 0 aromatic rings. The van der Waals surface area contributed by atoms with Crippen molar-refractivity contribution in [2.75, 3.05) is 19.7 Å². The highest BCUT2D eigenvalue weighted by molar-refractivity contribution is 4.96. The average Bonchev–Trinajstić information content (AvgIpc) is 2.92. The maximum Gasteiger partial charge on any atom is 0.0558 e. The van der Waals surface area contributed by atoms with Gasteiger partial charge in [-0.25, -0.2) is 0 Å². The van der Waals surface area contributed by atoms with Crippen LogP contribution in [0.2, 0.25) is 0 Å². The Bertz CT molecular complexity index is 261. The number of aliphatic hydroxyl groups excluding tert-OH is 1. The molecule has 2 rings (SSSR count). The zero-order valence-electron chi connectivity index (χ0n) is 12.1. The average molecular weight is 254 g/mol. The van der Waals surface area contributed by atoms with Gasteiger partial charge >= 0.3 is 0 Å². The molecule has 3 nitrogen and oxygen atoms in total. The second-order valence-electron chi connectivity index (χ2n) is 6.97. The predicted octanol–water partition coefficient (Wildman–Crippen LogP) is 1.99. The Balaban J connectivity index is 1.92. The Morgan fingerprint density at radius 1 is 1.22 bits per heavy atom. The molecule has 2 aliphatic rings. The lowest BCUT2D eigenvalue weighted by Crippen LogP contribution is -2.45. The zero-order chi connectivity index (χ0) is 13.2. The number of rotatable bonds is 5. The first-order chi connectivity index (χ1) is 8.54. The summed E-state index contributed by atoms with van der Waals surface area (Å²) in [6.45, 7) is 6.79. The molecule has 2 atom stereocenters. The van der Waals surface area contributed by atoms with Crippen LogP contribution in [0.5, 0.6) is 0 Å². The van der Waals surface area contributed by atoms with Gasteiger partial charge in [-0.15, -0.1) is 0 Å². The van der Waals surface area contributed by atoms with Crippen molar-refractivity contribution in [3.63, 3.8) is 0 Å². The van der Waals surface area contributed by atoms with Crippen LogP contribution in [0.25, 0.3) is 0 Å². The van der Waals surface area contributed by atoms with E-state index in [0.717, 1.165) is 13.1 Å². The molecule has 0 saturated heterocycles. The summed E-state index contributed by atoms with van der Waals surface area (Å²) in [6.07, 6.45) is 7.83. The van der Waals surface area contributed by atoms with Crippen LogP contribution in [0, 0.1) is 11.3 Å². The number of aliphatic hydroxyl groups is 1. The highest BCUT2D eigenvalue weighted by atomic mass is 16.3. The minimum absolute atomic E-state index is 0.280. The lowest BCUT2D eigenvalue weighted by Gasteiger charge is -2.34. The van der Waals surface area contributed by atoms with Crippen molar-refractivity contribution in [1.82, 2.24) is 4.90 Å². The van der Waals surface area contributed by atoms with Gasteiger partial charge in [-0.05, 0) is 37.0 Å². The van der Waals surface area contributed by atoms with Crippen LogP contribution >= 0.6 is 0 Å². The fourth-order valence-corrected chi connectivity index (χ4v) is 3.87. The summed E-state index contributed by atoms with van der Waals surface area (Å²) in [5, 5.41) is 9.27. The highest BCUT2D eigenvalue weighted by Gasteiger charge is 2.40. The van der Waals surface area contributed by atoms with Crippen molar-refractivity contribution in [1.29, 1.82) is 0 Å². The van der Waals surface area contributed by atoms with Crippen LogP contribution in [0.1, 0.15) is 52.4 Å². The molecule has 2 saturated carbocycles. The van der Waals surface area contributed by atoms with Gasteiger partial charge < -0.3 is 10.8 Å². The molecule has 0 spiro atoms. The molecule has 0 amide bonds. The van der Waals surface area contributed by atoms with Crippen molar-refractivity contribution in [3.8, 4) is 0 Å². The smallest absolute Gasteiger partial charge is 0.0558 e. The fraction of sp³-hybridized carbons (Fsp3) is 1.00. The molecule has 0 aromatic heterocycles. The first kappa shape index (κ1) is 14.3. The molecular formula is C15H30N2O. The van der Waals surface area contributed by atoms with Crippen LogP contribution in [0.4, 0.5) is 0 Å². The molecule has 2 unspecified atom stereocenters. The standard InChI is InChI=1S/C15H30N2O/c1-15(2)8-7-12(14(15)16)11-17(9-10-18)13-5-3-4-6-13/h12-14,18H,3-11,16H2,1-2H3. The maximum atomic E-state index is 9.27. The molecule has 0 bridgehead atoms. The second kappa shape index (κ2) is 5.89. The molecule has 0 aromatic carbocycles. The number of nitrogens with two attached hydrogens (primary N) is 1. The number of hydrogen-bond acceptors (Lipinski definition) is 3. The van der Waals surface area contributed by atoms with Crippen molar-refractivity contribution >= 4 is 0 Å². The molecule has 0 heterocycles. The highest BCUT2D eigenvalue weighted by Crippen LogP contribution is 2.40. The molecule has 0 radical (unpaired) electrons. The van der Waals surface area contributed by atoms with E-state index >= 15 is 0 Å². The molecule has 3 N–H and O–H groups in total. The van der Waals surface area contributed by atoms with Crippen molar-refractivity contribution in [2.45, 2.75) is 64.5 Å². The summed E-state index contributed by atoms with van der Waals surface area (Å²) in [4.78, 5) is 2.51. The van der Waals surface area contributed by atoms with Gasteiger partial charge in [-0.1, -0.05) is 26.7 Å². The Kier molecular flexibility index (Phi) is 4.68. The van der Waals surface area contributed by atoms with Crippen molar-refractivity contribution in [2.24, 2.45) is 17.1 Å². The minimum atomic E-state index is 0.280. The molecular weight excluding hydrogens is 224 g/mol. The quantitative estimate of drug-likeness (QED) is 0.789. The fourth-order valence-electron chi connectivity index (χ4n) is 3.87. The Hall–Kier alpha value is -0.120. The monoisotopic (exact) mass is 254 g/mol. The third-order valence-electron chi connectivity index (χ3n) is 5.27. The zero-order valence-corrected chi connectivity index (χ0v) is 12.1. The van der Waals surface area contributed by atoms with E-state index in [1.54, 1.807) is 0 Å². The first-order valence-electron chi connectivity index (χ1n) is 7.65. The molecule has 3 heteroatoms. The van der Waals surface area contributed by atoms with Gasteiger partial charge in [0.05, 0.1) is 6.61 Å². The van der Waals surface area contributed by atoms with E-state index in [-0.39, 0.29) is 6.61 Å². The van der Waals surface area contributed by atoms with Crippen LogP contribution in [-0.2, 0) is 0 Å². The topological polar surface area (TPSA) is 49.5 Å². The van der Waals surface area contributed by atoms with Gasteiger partial charge in [-0.2, -0.15) is 0 Å². The van der Waals surface area contributed by atoms with Crippen LogP contribution in [0.3, 0.4) is 0 Å². The van der Waals surface area contributed by atoms with E-state index in [0.29, 0.717) is 23.4 Å². The summed E-state index contributed by atoms with van der Waals surface area (Å²) in [7, 11) is 0.